The van der Waals surface area contributed by atoms with Crippen LogP contribution >= 0.6 is 11.8 Å². The molecule has 3 rings (SSSR count). The molecule has 2 nitrogen and oxygen atoms in total. The molecule has 0 radical (unpaired) electrons. The van der Waals surface area contributed by atoms with E-state index in [1.807, 2.05) is 24.3 Å². The summed E-state index contributed by atoms with van der Waals surface area (Å²) >= 11 is 1.87. The number of hydrogen-bond acceptors (Lipinski definition) is 3. The average molecular weight is 242 g/mol. The van der Waals surface area contributed by atoms with E-state index in [0.717, 1.165) is 6.54 Å². The minimum atomic E-state index is 0.410. The fraction of sp³-hybridized carbons (Fsp3) is 0.214. The van der Waals surface area contributed by atoms with E-state index in [4.69, 9.17) is 0 Å². The molecule has 2 aliphatic rings. The topological polar surface area (TPSA) is 15.6 Å². The van der Waals surface area contributed by atoms with Crippen LogP contribution in [0.1, 0.15) is 12.5 Å². The van der Waals surface area contributed by atoms with Gasteiger partial charge in [0.05, 0.1) is 6.34 Å². The second-order valence-corrected chi connectivity index (χ2v) is 5.25. The Kier molecular flexibility index (Phi) is 2.77. The van der Waals surface area contributed by atoms with Gasteiger partial charge >= 0.3 is 0 Å². The lowest BCUT2D eigenvalue weighted by Crippen LogP contribution is -2.33. The molecule has 0 amide bonds. The summed E-state index contributed by atoms with van der Waals surface area (Å²) in [5.74, 6) is 0. The number of fused-ring (bicyclic) bond motifs is 1. The van der Waals surface area contributed by atoms with Gasteiger partial charge in [-0.1, -0.05) is 30.3 Å². The maximum atomic E-state index is 4.33. The summed E-state index contributed by atoms with van der Waals surface area (Å²) in [7, 11) is 0. The molecule has 0 fully saturated rings. The standard InChI is InChI=1S/C14H14N2S/c1-11-9-17-14-13(11)7-15-10-16(14)8-12-5-3-2-4-6-12/h2-7,9-10,14H,8H2,1H3. The van der Waals surface area contributed by atoms with Crippen LogP contribution in [0.4, 0.5) is 0 Å². The van der Waals surface area contributed by atoms with Crippen LogP contribution in [0, 0.1) is 0 Å². The smallest absolute Gasteiger partial charge is 0.107 e. The molecule has 0 spiro atoms. The Bertz CT molecular complexity index is 502. The summed E-state index contributed by atoms with van der Waals surface area (Å²) in [6.45, 7) is 3.07. The van der Waals surface area contributed by atoms with E-state index in [-0.39, 0.29) is 0 Å². The van der Waals surface area contributed by atoms with Gasteiger partial charge in [0.25, 0.3) is 0 Å². The predicted octanol–water partition coefficient (Wildman–Crippen LogP) is 3.39. The van der Waals surface area contributed by atoms with Gasteiger partial charge in [0.1, 0.15) is 5.37 Å². The number of rotatable bonds is 2. The van der Waals surface area contributed by atoms with Crippen LogP contribution in [-0.2, 0) is 6.54 Å². The Balaban J connectivity index is 1.79. The largest absolute Gasteiger partial charge is 0.342 e. The number of aliphatic imine (C=N–C) groups is 1. The molecule has 0 N–H and O–H groups in total. The maximum Gasteiger partial charge on any atom is 0.107 e. The lowest BCUT2D eigenvalue weighted by molar-refractivity contribution is 0.430. The molecule has 86 valence electrons. The molecule has 3 heteroatoms. The Morgan fingerprint density at radius 1 is 1.29 bits per heavy atom. The summed E-state index contributed by atoms with van der Waals surface area (Å²) < 4.78 is 0. The highest BCUT2D eigenvalue weighted by atomic mass is 32.2. The third-order valence-electron chi connectivity index (χ3n) is 3.03. The Morgan fingerprint density at radius 3 is 2.94 bits per heavy atom. The molecular formula is C14H14N2S. The SMILES string of the molecule is CC1=CSC2C1=CN=CN2Cc1ccccc1. The van der Waals surface area contributed by atoms with Crippen LogP contribution in [0.3, 0.4) is 0 Å². The van der Waals surface area contributed by atoms with Gasteiger partial charge in [-0.15, -0.1) is 11.8 Å². The monoisotopic (exact) mass is 242 g/mol. The second-order valence-electron chi connectivity index (χ2n) is 4.30. The van der Waals surface area contributed by atoms with Gasteiger partial charge < -0.3 is 4.90 Å². The minimum absolute atomic E-state index is 0.410. The van der Waals surface area contributed by atoms with Gasteiger partial charge in [-0.2, -0.15) is 0 Å². The molecule has 0 bridgehead atoms. The molecular weight excluding hydrogens is 228 g/mol. The Morgan fingerprint density at radius 2 is 2.12 bits per heavy atom. The molecule has 1 atom stereocenters. The molecule has 1 aromatic carbocycles. The maximum absolute atomic E-state index is 4.33. The van der Waals surface area contributed by atoms with Gasteiger partial charge in [0.2, 0.25) is 0 Å². The van der Waals surface area contributed by atoms with Crippen molar-refractivity contribution in [2.75, 3.05) is 0 Å². The molecule has 2 aliphatic heterocycles. The predicted molar refractivity (Wildman–Crippen MR) is 73.7 cm³/mol. The van der Waals surface area contributed by atoms with E-state index < -0.39 is 0 Å². The Hall–Kier alpha value is -1.48. The van der Waals surface area contributed by atoms with Crippen LogP contribution in [-0.4, -0.2) is 16.6 Å². The summed E-state index contributed by atoms with van der Waals surface area (Å²) in [6, 6.07) is 10.5. The van der Waals surface area contributed by atoms with Crippen LogP contribution in [0.25, 0.3) is 0 Å². The third-order valence-corrected chi connectivity index (χ3v) is 4.31. The average Bonchev–Trinajstić information content (AvgIpc) is 2.74. The molecule has 2 heterocycles. The number of hydrogen-bond donors (Lipinski definition) is 0. The van der Waals surface area contributed by atoms with Crippen LogP contribution < -0.4 is 0 Å². The van der Waals surface area contributed by atoms with Gasteiger partial charge in [-0.05, 0) is 23.5 Å². The highest BCUT2D eigenvalue weighted by Crippen LogP contribution is 2.38. The van der Waals surface area contributed by atoms with E-state index in [1.54, 1.807) is 0 Å². The molecule has 0 saturated carbocycles. The fourth-order valence-electron chi connectivity index (χ4n) is 2.10. The Labute approximate surface area is 106 Å². The summed E-state index contributed by atoms with van der Waals surface area (Å²) in [6.07, 6.45) is 3.93. The van der Waals surface area contributed by atoms with Crippen molar-refractivity contribution >= 4 is 18.1 Å². The molecule has 0 aliphatic carbocycles. The zero-order valence-corrected chi connectivity index (χ0v) is 10.5. The first kappa shape index (κ1) is 10.7. The fourth-order valence-corrected chi connectivity index (χ4v) is 3.25. The van der Waals surface area contributed by atoms with E-state index in [2.05, 4.69) is 52.6 Å². The second kappa shape index (κ2) is 4.41. The van der Waals surface area contributed by atoms with Crippen molar-refractivity contribution in [1.82, 2.24) is 4.90 Å². The zero-order chi connectivity index (χ0) is 11.7. The van der Waals surface area contributed by atoms with Gasteiger partial charge in [0, 0.05) is 18.3 Å². The lowest BCUT2D eigenvalue weighted by Gasteiger charge is -2.29. The number of thioether (sulfide) groups is 1. The first-order valence-electron chi connectivity index (χ1n) is 5.70. The van der Waals surface area contributed by atoms with E-state index in [1.165, 1.54) is 16.7 Å². The van der Waals surface area contributed by atoms with Crippen molar-refractivity contribution in [3.05, 3.63) is 58.6 Å². The van der Waals surface area contributed by atoms with Crippen molar-refractivity contribution in [1.29, 1.82) is 0 Å². The summed E-state index contributed by atoms with van der Waals surface area (Å²) in [5.41, 5.74) is 4.01. The van der Waals surface area contributed by atoms with E-state index >= 15 is 0 Å². The first-order valence-corrected chi connectivity index (χ1v) is 6.64. The van der Waals surface area contributed by atoms with Crippen molar-refractivity contribution in [2.45, 2.75) is 18.8 Å². The quantitative estimate of drug-likeness (QED) is 0.790. The van der Waals surface area contributed by atoms with Crippen LogP contribution in [0.15, 0.2) is 58.1 Å². The van der Waals surface area contributed by atoms with Crippen LogP contribution in [0.5, 0.6) is 0 Å². The summed E-state index contributed by atoms with van der Waals surface area (Å²) in [5, 5.41) is 2.64. The first-order chi connectivity index (χ1) is 8.34. The zero-order valence-electron chi connectivity index (χ0n) is 9.71. The minimum Gasteiger partial charge on any atom is -0.342 e. The number of nitrogens with zero attached hydrogens (tertiary/aromatic N) is 2. The van der Waals surface area contributed by atoms with Crippen molar-refractivity contribution in [2.24, 2.45) is 4.99 Å². The van der Waals surface area contributed by atoms with Gasteiger partial charge in [0.15, 0.2) is 0 Å². The van der Waals surface area contributed by atoms with E-state index in [9.17, 15) is 0 Å². The highest BCUT2D eigenvalue weighted by molar-refractivity contribution is 8.03. The van der Waals surface area contributed by atoms with Crippen molar-refractivity contribution < 1.29 is 0 Å². The molecule has 1 aromatic rings. The molecule has 17 heavy (non-hydrogen) atoms. The van der Waals surface area contributed by atoms with Gasteiger partial charge in [-0.25, -0.2) is 4.99 Å². The molecule has 0 saturated heterocycles. The van der Waals surface area contributed by atoms with Crippen LogP contribution in [0.2, 0.25) is 0 Å². The molecule has 0 aromatic heterocycles. The normalized spacial score (nSPS) is 22.2. The summed E-state index contributed by atoms with van der Waals surface area (Å²) in [4.78, 5) is 6.63. The van der Waals surface area contributed by atoms with E-state index in [0.29, 0.717) is 5.37 Å². The third kappa shape index (κ3) is 2.03. The highest BCUT2D eigenvalue weighted by Gasteiger charge is 2.28. The number of benzene rings is 1. The lowest BCUT2D eigenvalue weighted by atomic mass is 10.1. The van der Waals surface area contributed by atoms with Crippen molar-refractivity contribution in [3.63, 3.8) is 0 Å². The molecule has 1 unspecified atom stereocenters. The van der Waals surface area contributed by atoms with Crippen molar-refractivity contribution in [3.8, 4) is 0 Å². The van der Waals surface area contributed by atoms with Gasteiger partial charge in [-0.3, -0.25) is 0 Å².